The van der Waals surface area contributed by atoms with Crippen molar-refractivity contribution in [3.63, 3.8) is 0 Å². The molecule has 1 rings (SSSR count). The van der Waals surface area contributed by atoms with Gasteiger partial charge in [0.25, 0.3) is 0 Å². The highest BCUT2D eigenvalue weighted by molar-refractivity contribution is 14.0. The number of aliphatic imine (C=N–C) groups is 1. The zero-order valence-electron chi connectivity index (χ0n) is 14.2. The molecule has 0 spiro atoms. The van der Waals surface area contributed by atoms with Gasteiger partial charge in [0.05, 0.1) is 0 Å². The molecule has 0 bridgehead atoms. The van der Waals surface area contributed by atoms with Gasteiger partial charge >= 0.3 is 5.97 Å². The average molecular weight is 423 g/mol. The van der Waals surface area contributed by atoms with Crippen molar-refractivity contribution >= 4 is 35.9 Å². The first-order valence-corrected chi connectivity index (χ1v) is 7.75. The first-order chi connectivity index (χ1) is 9.90. The van der Waals surface area contributed by atoms with Crippen LogP contribution in [-0.4, -0.2) is 37.7 Å². The van der Waals surface area contributed by atoms with Crippen LogP contribution in [0.5, 0.6) is 0 Å². The Morgan fingerprint density at radius 3 is 2.59 bits per heavy atom. The van der Waals surface area contributed by atoms with E-state index in [1.54, 1.807) is 7.05 Å². The number of esters is 1. The Labute approximate surface area is 151 Å². The van der Waals surface area contributed by atoms with Crippen LogP contribution in [0.4, 0.5) is 0 Å². The van der Waals surface area contributed by atoms with Gasteiger partial charge in [-0.3, -0.25) is 9.79 Å². The van der Waals surface area contributed by atoms with Crippen molar-refractivity contribution in [3.8, 4) is 0 Å². The molecule has 0 aromatic rings. The second-order valence-corrected chi connectivity index (χ2v) is 6.30. The summed E-state index contributed by atoms with van der Waals surface area (Å²) in [6, 6.07) is 0. The highest BCUT2D eigenvalue weighted by atomic mass is 127. The maximum Gasteiger partial charge on any atom is 0.325 e. The van der Waals surface area contributed by atoms with Crippen LogP contribution in [0.2, 0.25) is 0 Å². The van der Waals surface area contributed by atoms with Gasteiger partial charge in [-0.1, -0.05) is 11.6 Å². The van der Waals surface area contributed by atoms with Crippen molar-refractivity contribution in [2.45, 2.75) is 58.5 Å². The standard InChI is InChI=1S/C16H29N3O2.HI/c1-16(2,3)21-14(20)12-19-15(17-4)18-11-10-13-8-6-5-7-9-13;/h8H,5-7,9-12H2,1-4H3,(H2,17,18,19);1H. The van der Waals surface area contributed by atoms with Crippen LogP contribution in [0.15, 0.2) is 16.6 Å². The molecule has 1 aliphatic carbocycles. The number of ether oxygens (including phenoxy) is 1. The van der Waals surface area contributed by atoms with Gasteiger partial charge in [-0.05, 0) is 52.9 Å². The van der Waals surface area contributed by atoms with Crippen LogP contribution in [0.3, 0.4) is 0 Å². The molecule has 0 aromatic heterocycles. The Morgan fingerprint density at radius 2 is 2.05 bits per heavy atom. The van der Waals surface area contributed by atoms with E-state index < -0.39 is 5.60 Å². The smallest absolute Gasteiger partial charge is 0.325 e. The number of carbonyl (C=O) groups excluding carboxylic acids is 1. The number of nitrogens with one attached hydrogen (secondary N) is 2. The summed E-state index contributed by atoms with van der Waals surface area (Å²) in [5.41, 5.74) is 1.07. The van der Waals surface area contributed by atoms with Crippen LogP contribution in [0, 0.1) is 0 Å². The Kier molecular flexibility index (Phi) is 10.5. The number of nitrogens with zero attached hydrogens (tertiary/aromatic N) is 1. The lowest BCUT2D eigenvalue weighted by Gasteiger charge is -2.20. The van der Waals surface area contributed by atoms with E-state index in [4.69, 9.17) is 4.74 Å². The molecule has 128 valence electrons. The van der Waals surface area contributed by atoms with Gasteiger partial charge in [0.15, 0.2) is 5.96 Å². The summed E-state index contributed by atoms with van der Waals surface area (Å²) in [4.78, 5) is 15.7. The Balaban J connectivity index is 0.00000441. The van der Waals surface area contributed by atoms with Crippen molar-refractivity contribution in [1.82, 2.24) is 10.6 Å². The number of halogens is 1. The van der Waals surface area contributed by atoms with Crippen LogP contribution in [0.1, 0.15) is 52.9 Å². The molecule has 5 nitrogen and oxygen atoms in total. The largest absolute Gasteiger partial charge is 0.459 e. The normalized spacial score (nSPS) is 15.5. The molecule has 0 fully saturated rings. The zero-order valence-corrected chi connectivity index (χ0v) is 16.5. The van der Waals surface area contributed by atoms with Crippen LogP contribution < -0.4 is 10.6 Å². The number of guanidine groups is 1. The summed E-state index contributed by atoms with van der Waals surface area (Å²) >= 11 is 0. The van der Waals surface area contributed by atoms with Gasteiger partial charge in [-0.15, -0.1) is 24.0 Å². The zero-order chi connectivity index (χ0) is 15.7. The molecule has 0 unspecified atom stereocenters. The third-order valence-electron chi connectivity index (χ3n) is 3.17. The van der Waals surface area contributed by atoms with Crippen molar-refractivity contribution in [3.05, 3.63) is 11.6 Å². The number of hydrogen-bond donors (Lipinski definition) is 2. The minimum atomic E-state index is -0.455. The molecular weight excluding hydrogens is 393 g/mol. The van der Waals surface area contributed by atoms with Crippen molar-refractivity contribution < 1.29 is 9.53 Å². The van der Waals surface area contributed by atoms with E-state index in [2.05, 4.69) is 21.7 Å². The SMILES string of the molecule is CN=C(NCCC1=CCCCC1)NCC(=O)OC(C)(C)C.I. The minimum absolute atomic E-state index is 0. The summed E-state index contributed by atoms with van der Waals surface area (Å²) in [7, 11) is 1.70. The topological polar surface area (TPSA) is 62.7 Å². The predicted molar refractivity (Wildman–Crippen MR) is 102 cm³/mol. The van der Waals surface area contributed by atoms with E-state index >= 15 is 0 Å². The van der Waals surface area contributed by atoms with E-state index in [-0.39, 0.29) is 36.5 Å². The third kappa shape index (κ3) is 10.0. The maximum absolute atomic E-state index is 11.6. The molecule has 0 aromatic carbocycles. The fourth-order valence-electron chi connectivity index (χ4n) is 2.23. The van der Waals surface area contributed by atoms with E-state index in [0.717, 1.165) is 13.0 Å². The lowest BCUT2D eigenvalue weighted by atomic mass is 9.97. The summed E-state index contributed by atoms with van der Waals surface area (Å²) < 4.78 is 5.24. The fourth-order valence-corrected chi connectivity index (χ4v) is 2.23. The van der Waals surface area contributed by atoms with E-state index in [1.807, 2.05) is 20.8 Å². The monoisotopic (exact) mass is 423 g/mol. The van der Waals surface area contributed by atoms with Gasteiger partial charge in [-0.2, -0.15) is 0 Å². The van der Waals surface area contributed by atoms with E-state index in [1.165, 1.54) is 31.3 Å². The Bertz CT molecular complexity index is 401. The molecule has 0 aliphatic heterocycles. The second kappa shape index (κ2) is 10.9. The lowest BCUT2D eigenvalue weighted by molar-refractivity contribution is -0.153. The van der Waals surface area contributed by atoms with Gasteiger partial charge in [0.1, 0.15) is 12.1 Å². The highest BCUT2D eigenvalue weighted by Crippen LogP contribution is 2.19. The average Bonchev–Trinajstić information content (AvgIpc) is 2.42. The number of rotatable bonds is 5. The first-order valence-electron chi connectivity index (χ1n) is 7.75. The molecule has 0 saturated heterocycles. The highest BCUT2D eigenvalue weighted by Gasteiger charge is 2.16. The quantitative estimate of drug-likeness (QED) is 0.235. The van der Waals surface area contributed by atoms with Gasteiger partial charge < -0.3 is 15.4 Å². The van der Waals surface area contributed by atoms with Gasteiger partial charge in [0, 0.05) is 13.6 Å². The molecule has 0 heterocycles. The summed E-state index contributed by atoms with van der Waals surface area (Å²) in [6.45, 7) is 6.53. The number of carbonyl (C=O) groups is 1. The van der Waals surface area contributed by atoms with E-state index in [9.17, 15) is 4.79 Å². The van der Waals surface area contributed by atoms with Gasteiger partial charge in [-0.25, -0.2) is 0 Å². The van der Waals surface area contributed by atoms with Gasteiger partial charge in [0.2, 0.25) is 0 Å². The molecule has 2 N–H and O–H groups in total. The molecule has 6 heteroatoms. The van der Waals surface area contributed by atoms with Crippen LogP contribution >= 0.6 is 24.0 Å². The third-order valence-corrected chi connectivity index (χ3v) is 3.17. The lowest BCUT2D eigenvalue weighted by Crippen LogP contribution is -2.42. The Hall–Kier alpha value is -0.790. The molecule has 0 radical (unpaired) electrons. The number of allylic oxidation sites excluding steroid dienone is 1. The molecule has 1 aliphatic rings. The van der Waals surface area contributed by atoms with E-state index in [0.29, 0.717) is 5.96 Å². The minimum Gasteiger partial charge on any atom is -0.459 e. The molecule has 22 heavy (non-hydrogen) atoms. The molecular formula is C16H30IN3O2. The predicted octanol–water partition coefficient (Wildman–Crippen LogP) is 3.00. The first kappa shape index (κ1) is 21.2. The van der Waals surface area contributed by atoms with Crippen molar-refractivity contribution in [2.24, 2.45) is 4.99 Å². The van der Waals surface area contributed by atoms with Crippen molar-refractivity contribution in [2.75, 3.05) is 20.1 Å². The Morgan fingerprint density at radius 1 is 1.32 bits per heavy atom. The molecule has 0 atom stereocenters. The number of hydrogen-bond acceptors (Lipinski definition) is 3. The second-order valence-electron chi connectivity index (χ2n) is 6.30. The molecule has 0 amide bonds. The van der Waals surface area contributed by atoms with Crippen molar-refractivity contribution in [1.29, 1.82) is 0 Å². The summed E-state index contributed by atoms with van der Waals surface area (Å²) in [5.74, 6) is 0.359. The summed E-state index contributed by atoms with van der Waals surface area (Å²) in [5, 5.41) is 6.20. The molecule has 0 saturated carbocycles. The maximum atomic E-state index is 11.6. The van der Waals surface area contributed by atoms with Crippen LogP contribution in [0.25, 0.3) is 0 Å². The van der Waals surface area contributed by atoms with Crippen LogP contribution in [-0.2, 0) is 9.53 Å². The summed E-state index contributed by atoms with van der Waals surface area (Å²) in [6.07, 6.45) is 8.43. The fraction of sp³-hybridized carbons (Fsp3) is 0.750.